The number of methoxy groups -OCH3 is 3. The maximum atomic E-state index is 12.3. The van der Waals surface area contributed by atoms with Crippen molar-refractivity contribution in [1.29, 1.82) is 0 Å². The van der Waals surface area contributed by atoms with E-state index in [1.165, 1.54) is 21.3 Å². The molecule has 1 aromatic rings. The number of ether oxygens (including phenoxy) is 3. The second kappa shape index (κ2) is 9.97. The van der Waals surface area contributed by atoms with Crippen molar-refractivity contribution in [2.75, 3.05) is 27.1 Å². The van der Waals surface area contributed by atoms with Crippen LogP contribution in [0.15, 0.2) is 12.1 Å². The number of sulfonamides is 1. The maximum absolute atomic E-state index is 12.3. The van der Waals surface area contributed by atoms with Crippen LogP contribution in [0.1, 0.15) is 38.2 Å². The molecule has 1 aromatic carbocycles. The lowest BCUT2D eigenvalue weighted by atomic mass is 9.88. The van der Waals surface area contributed by atoms with Gasteiger partial charge in [-0.05, 0) is 37.7 Å². The molecule has 8 nitrogen and oxygen atoms in total. The van der Waals surface area contributed by atoms with Crippen molar-refractivity contribution in [3.8, 4) is 17.2 Å². The minimum atomic E-state index is -3.68. The van der Waals surface area contributed by atoms with Gasteiger partial charge in [0.2, 0.25) is 15.9 Å². The maximum Gasteiger partial charge on any atom is 0.236 e. The molecule has 2 N–H and O–H groups in total. The molecule has 1 saturated carbocycles. The quantitative estimate of drug-likeness (QED) is 0.639. The predicted octanol–water partition coefficient (Wildman–Crippen LogP) is 1.83. The fraction of sp³-hybridized carbons (Fsp3) is 0.632. The summed E-state index contributed by atoms with van der Waals surface area (Å²) in [7, 11) is 0.855. The van der Waals surface area contributed by atoms with Gasteiger partial charge >= 0.3 is 0 Å². The summed E-state index contributed by atoms with van der Waals surface area (Å²) in [5.74, 6) is 0.954. The van der Waals surface area contributed by atoms with E-state index in [9.17, 15) is 13.2 Å². The number of rotatable bonds is 9. The molecular weight excluding hydrogens is 384 g/mol. The first-order valence-corrected chi connectivity index (χ1v) is 11.0. The van der Waals surface area contributed by atoms with Crippen molar-refractivity contribution >= 4 is 15.9 Å². The Labute approximate surface area is 167 Å². The Kier molecular flexibility index (Phi) is 7.94. The lowest BCUT2D eigenvalue weighted by Crippen LogP contribution is -2.42. The van der Waals surface area contributed by atoms with E-state index in [1.807, 2.05) is 0 Å². The van der Waals surface area contributed by atoms with E-state index in [0.29, 0.717) is 28.7 Å². The van der Waals surface area contributed by atoms with Crippen LogP contribution in [-0.2, 0) is 21.4 Å². The van der Waals surface area contributed by atoms with Crippen molar-refractivity contribution in [2.45, 2.75) is 45.2 Å². The third-order valence-electron chi connectivity index (χ3n) is 4.95. The van der Waals surface area contributed by atoms with Gasteiger partial charge in [0, 0.05) is 24.2 Å². The second-order valence-corrected chi connectivity index (χ2v) is 8.88. The summed E-state index contributed by atoms with van der Waals surface area (Å²) in [6.45, 7) is 2.28. The first-order chi connectivity index (χ1) is 13.3. The summed E-state index contributed by atoms with van der Waals surface area (Å²) in [6, 6.07) is 3.26. The molecule has 0 bridgehead atoms. The molecule has 28 heavy (non-hydrogen) atoms. The van der Waals surface area contributed by atoms with Crippen molar-refractivity contribution in [1.82, 2.24) is 10.0 Å². The average Bonchev–Trinajstić information content (AvgIpc) is 2.66. The fourth-order valence-corrected chi connectivity index (χ4v) is 4.60. The lowest BCUT2D eigenvalue weighted by Gasteiger charge is -2.26. The van der Waals surface area contributed by atoms with E-state index in [2.05, 4.69) is 17.0 Å². The van der Waals surface area contributed by atoms with Crippen LogP contribution in [0.25, 0.3) is 0 Å². The van der Waals surface area contributed by atoms with Gasteiger partial charge in [-0.1, -0.05) is 6.92 Å². The number of hydrogen-bond acceptors (Lipinski definition) is 6. The summed E-state index contributed by atoms with van der Waals surface area (Å²) in [5, 5.41) is 2.63. The number of hydrogen-bond donors (Lipinski definition) is 2. The molecule has 0 atom stereocenters. The molecule has 0 heterocycles. The van der Waals surface area contributed by atoms with Gasteiger partial charge in [-0.25, -0.2) is 13.1 Å². The molecule has 158 valence electrons. The van der Waals surface area contributed by atoms with Gasteiger partial charge in [0.25, 0.3) is 0 Å². The topological polar surface area (TPSA) is 103 Å². The number of benzene rings is 1. The second-order valence-electron chi connectivity index (χ2n) is 7.13. The first kappa shape index (κ1) is 22.3. The van der Waals surface area contributed by atoms with Gasteiger partial charge in [0.1, 0.15) is 11.5 Å². The molecule has 0 unspecified atom stereocenters. The molecule has 0 radical (unpaired) electrons. The Morgan fingerprint density at radius 3 is 2.14 bits per heavy atom. The van der Waals surface area contributed by atoms with Crippen LogP contribution >= 0.6 is 0 Å². The van der Waals surface area contributed by atoms with Crippen LogP contribution < -0.4 is 24.2 Å². The van der Waals surface area contributed by atoms with E-state index < -0.39 is 21.7 Å². The molecule has 9 heteroatoms. The van der Waals surface area contributed by atoms with E-state index >= 15 is 0 Å². The zero-order valence-corrected chi connectivity index (χ0v) is 17.7. The molecule has 0 aromatic heterocycles. The number of carbonyl (C=O) groups is 1. The Hall–Kier alpha value is -2.00. The third-order valence-corrected chi connectivity index (χ3v) is 6.28. The summed E-state index contributed by atoms with van der Waals surface area (Å²) in [5.41, 5.74) is 0.653. The van der Waals surface area contributed by atoms with E-state index in [4.69, 9.17) is 14.2 Å². The van der Waals surface area contributed by atoms with E-state index in [-0.39, 0.29) is 12.6 Å². The van der Waals surface area contributed by atoms with Crippen LogP contribution in [0.5, 0.6) is 17.2 Å². The van der Waals surface area contributed by atoms with Crippen LogP contribution in [-0.4, -0.2) is 47.4 Å². The highest BCUT2D eigenvalue weighted by molar-refractivity contribution is 7.90. The van der Waals surface area contributed by atoms with Crippen molar-refractivity contribution in [3.05, 3.63) is 17.7 Å². The molecular formula is C19H30N2O6S. The largest absolute Gasteiger partial charge is 0.496 e. The number of amides is 1. The predicted molar refractivity (Wildman–Crippen MR) is 106 cm³/mol. The van der Waals surface area contributed by atoms with Crippen LogP contribution in [0, 0.1) is 5.92 Å². The third kappa shape index (κ3) is 6.27. The van der Waals surface area contributed by atoms with Gasteiger partial charge < -0.3 is 19.5 Å². The minimum Gasteiger partial charge on any atom is -0.496 e. The van der Waals surface area contributed by atoms with Crippen LogP contribution in [0.4, 0.5) is 0 Å². The van der Waals surface area contributed by atoms with Gasteiger partial charge in [-0.15, -0.1) is 0 Å². The zero-order valence-electron chi connectivity index (χ0n) is 16.9. The SMILES string of the molecule is COc1cc(OC)c(OC)cc1CNC(=O)CS(=O)(=O)NC1CCC(C)CC1. The first-order valence-electron chi connectivity index (χ1n) is 9.33. The monoisotopic (exact) mass is 414 g/mol. The Morgan fingerprint density at radius 1 is 1.00 bits per heavy atom. The highest BCUT2D eigenvalue weighted by atomic mass is 32.2. The summed E-state index contributed by atoms with van der Waals surface area (Å²) >= 11 is 0. The highest BCUT2D eigenvalue weighted by Crippen LogP contribution is 2.34. The van der Waals surface area contributed by atoms with Gasteiger partial charge in [-0.2, -0.15) is 0 Å². The van der Waals surface area contributed by atoms with Gasteiger partial charge in [0.15, 0.2) is 11.5 Å². The van der Waals surface area contributed by atoms with E-state index in [0.717, 1.165) is 25.7 Å². The van der Waals surface area contributed by atoms with E-state index in [1.54, 1.807) is 12.1 Å². The summed E-state index contributed by atoms with van der Waals surface area (Å²) in [6.07, 6.45) is 3.62. The van der Waals surface area contributed by atoms with Gasteiger partial charge in [-0.3, -0.25) is 4.79 Å². The molecule has 2 rings (SSSR count). The summed E-state index contributed by atoms with van der Waals surface area (Å²) in [4.78, 5) is 12.2. The van der Waals surface area contributed by atoms with Crippen LogP contribution in [0.3, 0.4) is 0 Å². The molecule has 0 saturated heterocycles. The molecule has 0 spiro atoms. The minimum absolute atomic E-state index is 0.0834. The molecule has 1 amide bonds. The standard InChI is InChI=1S/C19H30N2O6S/c1-13-5-7-15(8-6-13)21-28(23,24)12-19(22)20-11-14-9-17(26-3)18(27-4)10-16(14)25-2/h9-10,13,15,21H,5-8,11-12H2,1-4H3,(H,20,22). The normalized spacial score (nSPS) is 19.7. The van der Waals surface area contributed by atoms with Crippen molar-refractivity contribution < 1.29 is 27.4 Å². The Morgan fingerprint density at radius 2 is 1.57 bits per heavy atom. The fourth-order valence-electron chi connectivity index (χ4n) is 3.32. The number of nitrogens with one attached hydrogen (secondary N) is 2. The summed E-state index contributed by atoms with van der Waals surface area (Å²) < 4.78 is 43.0. The molecule has 1 aliphatic rings. The zero-order chi connectivity index (χ0) is 20.7. The van der Waals surface area contributed by atoms with Gasteiger partial charge in [0.05, 0.1) is 21.3 Å². The van der Waals surface area contributed by atoms with Crippen molar-refractivity contribution in [2.24, 2.45) is 5.92 Å². The highest BCUT2D eigenvalue weighted by Gasteiger charge is 2.25. The molecule has 0 aliphatic heterocycles. The van der Waals surface area contributed by atoms with Crippen molar-refractivity contribution in [3.63, 3.8) is 0 Å². The lowest BCUT2D eigenvalue weighted by molar-refractivity contribution is -0.118. The Balaban J connectivity index is 1.94. The number of carbonyl (C=O) groups excluding carboxylic acids is 1. The molecule has 1 fully saturated rings. The smallest absolute Gasteiger partial charge is 0.236 e. The average molecular weight is 415 g/mol. The Bertz CT molecular complexity index is 773. The molecule has 1 aliphatic carbocycles. The van der Waals surface area contributed by atoms with Crippen LogP contribution in [0.2, 0.25) is 0 Å².